The van der Waals surface area contributed by atoms with Crippen LogP contribution in [0.5, 0.6) is 0 Å². The minimum Gasteiger partial charge on any atom is -0.226 e. The van der Waals surface area contributed by atoms with Gasteiger partial charge in [-0.15, -0.1) is 4.91 Å². The molecule has 3 rings (SSSR count). The summed E-state index contributed by atoms with van der Waals surface area (Å²) in [5.74, 6) is 0. The van der Waals surface area contributed by atoms with Crippen molar-refractivity contribution in [2.24, 2.45) is 5.29 Å². The summed E-state index contributed by atoms with van der Waals surface area (Å²) in [5.41, 5.74) is 3.25. The topological polar surface area (TPSA) is 32.7 Å². The second-order valence-corrected chi connectivity index (χ2v) is 5.63. The van der Waals surface area contributed by atoms with Gasteiger partial charge in [-0.2, -0.15) is 0 Å². The van der Waals surface area contributed by atoms with Crippen LogP contribution in [0.4, 0.5) is 5.69 Å². The van der Waals surface area contributed by atoms with Crippen molar-refractivity contribution in [3.63, 3.8) is 0 Å². The Morgan fingerprint density at radius 1 is 0.810 bits per heavy atom. The number of hydrogen-bond acceptors (Lipinski definition) is 2. The first-order chi connectivity index (χ1) is 10.4. The van der Waals surface area contributed by atoms with Crippen LogP contribution >= 0.6 is 0 Å². The van der Waals surface area contributed by atoms with Gasteiger partial charge in [0.25, 0.3) is 0 Å². The van der Waals surface area contributed by atoms with Gasteiger partial charge in [0.1, 0.15) is 0 Å². The van der Waals surface area contributed by atoms with E-state index in [-0.39, 0.29) is 6.04 Å². The molecule has 0 aromatic heterocycles. The minimum absolute atomic E-state index is 0.263. The Kier molecular flexibility index (Phi) is 4.29. The molecule has 3 nitrogen and oxygen atoms in total. The van der Waals surface area contributed by atoms with E-state index in [0.717, 1.165) is 24.1 Å². The predicted octanol–water partition coefficient (Wildman–Crippen LogP) is 5.17. The van der Waals surface area contributed by atoms with Crippen LogP contribution in [-0.4, -0.2) is 6.04 Å². The lowest BCUT2D eigenvalue weighted by molar-refractivity contribution is 0.418. The Morgan fingerprint density at radius 2 is 1.43 bits per heavy atom. The molecule has 0 aliphatic heterocycles. The molecule has 21 heavy (non-hydrogen) atoms. The van der Waals surface area contributed by atoms with Crippen LogP contribution in [0.3, 0.4) is 0 Å². The van der Waals surface area contributed by atoms with Gasteiger partial charge in [0, 0.05) is 0 Å². The fourth-order valence-electron chi connectivity index (χ4n) is 3.09. The molecule has 0 heterocycles. The highest BCUT2D eigenvalue weighted by Gasteiger charge is 2.22. The van der Waals surface area contributed by atoms with Crippen molar-refractivity contribution in [3.05, 3.63) is 59.5 Å². The zero-order valence-corrected chi connectivity index (χ0v) is 12.1. The summed E-state index contributed by atoms with van der Waals surface area (Å²) >= 11 is 0. The molecule has 1 aliphatic rings. The van der Waals surface area contributed by atoms with E-state index >= 15 is 0 Å². The molecule has 0 N–H and O–H groups in total. The van der Waals surface area contributed by atoms with Gasteiger partial charge in [0.05, 0.1) is 17.0 Å². The fraction of sp³-hybridized carbons (Fsp3) is 0.333. The number of rotatable bonds is 4. The van der Waals surface area contributed by atoms with Crippen LogP contribution in [0.1, 0.15) is 32.1 Å². The van der Waals surface area contributed by atoms with Crippen molar-refractivity contribution in [2.75, 3.05) is 5.01 Å². The van der Waals surface area contributed by atoms with E-state index in [9.17, 15) is 4.91 Å². The Hall–Kier alpha value is -2.16. The summed E-state index contributed by atoms with van der Waals surface area (Å²) in [4.78, 5) is 11.2. The number of anilines is 1. The molecular formula is C18H20N2O. The zero-order valence-electron chi connectivity index (χ0n) is 12.1. The smallest absolute Gasteiger partial charge is 0.0629 e. The van der Waals surface area contributed by atoms with Gasteiger partial charge in [-0.3, -0.25) is 0 Å². The molecule has 0 saturated heterocycles. The van der Waals surface area contributed by atoms with Gasteiger partial charge in [-0.25, -0.2) is 5.01 Å². The normalized spacial score (nSPS) is 15.6. The molecule has 0 spiro atoms. The molecule has 0 unspecified atom stereocenters. The van der Waals surface area contributed by atoms with Crippen LogP contribution in [0.25, 0.3) is 11.1 Å². The SMILES string of the molecule is O=NN(c1ccc(-c2ccccc2)cc1)C1CCCCC1. The Bertz CT molecular complexity index is 574. The van der Waals surface area contributed by atoms with Gasteiger partial charge < -0.3 is 0 Å². The molecule has 1 saturated carbocycles. The molecule has 2 aromatic carbocycles. The average molecular weight is 280 g/mol. The highest BCUT2D eigenvalue weighted by molar-refractivity contribution is 5.66. The first-order valence-corrected chi connectivity index (χ1v) is 7.66. The van der Waals surface area contributed by atoms with Gasteiger partial charge in [-0.05, 0) is 36.1 Å². The Morgan fingerprint density at radius 3 is 2.05 bits per heavy atom. The van der Waals surface area contributed by atoms with Crippen molar-refractivity contribution in [2.45, 2.75) is 38.1 Å². The molecule has 0 bridgehead atoms. The van der Waals surface area contributed by atoms with Gasteiger partial charge in [0.15, 0.2) is 0 Å². The van der Waals surface area contributed by atoms with Crippen LogP contribution in [0, 0.1) is 4.91 Å². The van der Waals surface area contributed by atoms with Crippen molar-refractivity contribution >= 4 is 5.69 Å². The monoisotopic (exact) mass is 280 g/mol. The highest BCUT2D eigenvalue weighted by Crippen LogP contribution is 2.29. The highest BCUT2D eigenvalue weighted by atomic mass is 16.3. The molecule has 108 valence electrons. The van der Waals surface area contributed by atoms with Crippen LogP contribution in [0.15, 0.2) is 59.9 Å². The van der Waals surface area contributed by atoms with E-state index in [0.29, 0.717) is 0 Å². The molecule has 1 aliphatic carbocycles. The third-order valence-electron chi connectivity index (χ3n) is 4.25. The average Bonchev–Trinajstić information content (AvgIpc) is 2.58. The zero-order chi connectivity index (χ0) is 14.5. The molecule has 0 amide bonds. The van der Waals surface area contributed by atoms with Gasteiger partial charge >= 0.3 is 0 Å². The van der Waals surface area contributed by atoms with E-state index in [1.807, 2.05) is 30.3 Å². The molecule has 0 radical (unpaired) electrons. The van der Waals surface area contributed by atoms with Crippen LogP contribution < -0.4 is 5.01 Å². The fourth-order valence-corrected chi connectivity index (χ4v) is 3.09. The van der Waals surface area contributed by atoms with E-state index in [2.05, 4.69) is 29.6 Å². The minimum atomic E-state index is 0.263. The first kappa shape index (κ1) is 13.8. The van der Waals surface area contributed by atoms with Crippen LogP contribution in [0.2, 0.25) is 0 Å². The van der Waals surface area contributed by atoms with Crippen molar-refractivity contribution < 1.29 is 0 Å². The lowest BCUT2D eigenvalue weighted by Gasteiger charge is -2.29. The van der Waals surface area contributed by atoms with Gasteiger partial charge in [-0.1, -0.05) is 61.7 Å². The van der Waals surface area contributed by atoms with Crippen molar-refractivity contribution in [1.82, 2.24) is 0 Å². The third-order valence-corrected chi connectivity index (χ3v) is 4.25. The summed E-state index contributed by atoms with van der Waals surface area (Å²) in [5, 5.41) is 4.93. The molecule has 2 aromatic rings. The van der Waals surface area contributed by atoms with E-state index in [4.69, 9.17) is 0 Å². The number of benzene rings is 2. The lowest BCUT2D eigenvalue weighted by Crippen LogP contribution is -2.32. The summed E-state index contributed by atoms with van der Waals surface area (Å²) in [7, 11) is 0. The number of nitroso groups, excluding NO2 is 1. The third kappa shape index (κ3) is 3.13. The van der Waals surface area contributed by atoms with Gasteiger partial charge in [0.2, 0.25) is 0 Å². The summed E-state index contributed by atoms with van der Waals surface area (Å²) in [6.45, 7) is 0. The van der Waals surface area contributed by atoms with E-state index in [1.54, 1.807) is 5.01 Å². The lowest BCUT2D eigenvalue weighted by atomic mass is 9.94. The molecule has 0 atom stereocenters. The largest absolute Gasteiger partial charge is 0.226 e. The van der Waals surface area contributed by atoms with Crippen molar-refractivity contribution in [3.8, 4) is 11.1 Å². The number of hydrogen-bond donors (Lipinski definition) is 0. The maximum Gasteiger partial charge on any atom is 0.0629 e. The maximum atomic E-state index is 11.2. The van der Waals surface area contributed by atoms with Crippen molar-refractivity contribution in [1.29, 1.82) is 0 Å². The summed E-state index contributed by atoms with van der Waals surface area (Å²) in [6.07, 6.45) is 5.78. The Balaban J connectivity index is 1.80. The number of nitrogens with zero attached hydrogens (tertiary/aromatic N) is 2. The molecule has 3 heteroatoms. The standard InChI is InChI=1S/C18H20N2O/c21-19-20(17-9-5-2-6-10-17)18-13-11-16(12-14-18)15-7-3-1-4-8-15/h1,3-4,7-8,11-14,17H,2,5-6,9-10H2. The molecule has 1 fully saturated rings. The van der Waals surface area contributed by atoms with E-state index in [1.165, 1.54) is 24.8 Å². The first-order valence-electron chi connectivity index (χ1n) is 7.66. The Labute approximate surface area is 125 Å². The van der Waals surface area contributed by atoms with E-state index < -0.39 is 0 Å². The maximum absolute atomic E-state index is 11.2. The quantitative estimate of drug-likeness (QED) is 0.571. The second kappa shape index (κ2) is 6.53. The predicted molar refractivity (Wildman–Crippen MR) is 87.0 cm³/mol. The second-order valence-electron chi connectivity index (χ2n) is 5.63. The molecular weight excluding hydrogens is 260 g/mol. The summed E-state index contributed by atoms with van der Waals surface area (Å²) in [6, 6.07) is 18.6. The van der Waals surface area contributed by atoms with Crippen LogP contribution in [-0.2, 0) is 0 Å². The summed E-state index contributed by atoms with van der Waals surface area (Å²) < 4.78 is 0.